The lowest BCUT2D eigenvalue weighted by atomic mass is 10.0. The molecule has 0 N–H and O–H groups in total. The SMILES string of the molecule is C1=Cc2c(oc3ccc(N(c4ccc(-c5ccccc5)cc4)c4ccc(N(c5ccc(-c6ccccc6)cc5)c5ccc6oc7ccccc7c6c5)cc4)cc23)CC1. The molecule has 0 spiro atoms. The molecule has 10 aromatic rings. The zero-order valence-electron chi connectivity index (χ0n) is 31.8. The summed E-state index contributed by atoms with van der Waals surface area (Å²) in [5.74, 6) is 1.07. The molecule has 2 aromatic heterocycles. The van der Waals surface area contributed by atoms with E-state index in [9.17, 15) is 0 Å². The number of nitrogens with zero attached hydrogens (tertiary/aromatic N) is 2. The molecule has 0 saturated heterocycles. The van der Waals surface area contributed by atoms with Crippen LogP contribution in [0.15, 0.2) is 209 Å². The average molecular weight is 747 g/mol. The van der Waals surface area contributed by atoms with E-state index in [1.54, 1.807) is 0 Å². The fraction of sp³-hybridized carbons (Fsp3) is 0.0370. The lowest BCUT2D eigenvalue weighted by Crippen LogP contribution is -2.12. The maximum Gasteiger partial charge on any atom is 0.135 e. The molecular formula is C54H38N2O2. The van der Waals surface area contributed by atoms with Crippen LogP contribution in [0.25, 0.3) is 61.2 Å². The van der Waals surface area contributed by atoms with Crippen LogP contribution >= 0.6 is 0 Å². The molecule has 0 aliphatic heterocycles. The maximum absolute atomic E-state index is 6.32. The molecule has 0 amide bonds. The van der Waals surface area contributed by atoms with Crippen LogP contribution in [0.2, 0.25) is 0 Å². The molecule has 1 aliphatic rings. The standard InChI is InChI=1S/C54H38N2O2/c1-3-11-37(12-4-1)39-19-23-41(24-20-39)55(45-31-33-53-49(35-45)47-15-7-9-17-51(47)57-53)43-27-29-44(30-28-43)56(42-25-21-40(22-26-42)38-13-5-2-6-14-38)46-32-34-54-50(36-46)48-16-8-10-18-52(48)58-54/h1-9,11-17,19-36H,10,18H2. The highest BCUT2D eigenvalue weighted by molar-refractivity contribution is 6.06. The lowest BCUT2D eigenvalue weighted by Gasteiger charge is -2.28. The molecule has 4 heteroatoms. The number of rotatable bonds is 8. The Morgan fingerprint density at radius 2 is 0.776 bits per heavy atom. The van der Waals surface area contributed by atoms with Gasteiger partial charge in [0.05, 0.1) is 0 Å². The fourth-order valence-corrected chi connectivity index (χ4v) is 8.44. The predicted octanol–water partition coefficient (Wildman–Crippen LogP) is 15.6. The highest BCUT2D eigenvalue weighted by atomic mass is 16.3. The van der Waals surface area contributed by atoms with E-state index in [-0.39, 0.29) is 0 Å². The Kier molecular flexibility index (Phi) is 8.25. The summed E-state index contributed by atoms with van der Waals surface area (Å²) in [5, 5.41) is 3.33. The third kappa shape index (κ3) is 6.03. The van der Waals surface area contributed by atoms with Gasteiger partial charge in [-0.15, -0.1) is 0 Å². The summed E-state index contributed by atoms with van der Waals surface area (Å²) in [6.07, 6.45) is 6.40. The molecule has 0 radical (unpaired) electrons. The second-order valence-electron chi connectivity index (χ2n) is 14.9. The van der Waals surface area contributed by atoms with Crippen molar-refractivity contribution in [2.45, 2.75) is 12.8 Å². The normalized spacial score (nSPS) is 12.3. The third-order valence-corrected chi connectivity index (χ3v) is 11.3. The summed E-state index contributed by atoms with van der Waals surface area (Å²) in [4.78, 5) is 4.67. The van der Waals surface area contributed by atoms with E-state index in [2.05, 4.69) is 204 Å². The molecule has 8 aromatic carbocycles. The summed E-state index contributed by atoms with van der Waals surface area (Å²) in [5.41, 5.74) is 15.0. The number of anilines is 6. The van der Waals surface area contributed by atoms with E-state index >= 15 is 0 Å². The Labute approximate surface area is 337 Å². The smallest absolute Gasteiger partial charge is 0.135 e. The topological polar surface area (TPSA) is 32.8 Å². The van der Waals surface area contributed by atoms with E-state index in [1.165, 1.54) is 27.8 Å². The number of benzene rings is 8. The van der Waals surface area contributed by atoms with Crippen LogP contribution < -0.4 is 9.80 Å². The van der Waals surface area contributed by atoms with Crippen molar-refractivity contribution in [1.82, 2.24) is 0 Å². The van der Waals surface area contributed by atoms with Crippen LogP contribution in [0.5, 0.6) is 0 Å². The first-order valence-electron chi connectivity index (χ1n) is 19.9. The van der Waals surface area contributed by atoms with E-state index < -0.39 is 0 Å². The molecule has 2 heterocycles. The Bertz CT molecular complexity index is 3090. The van der Waals surface area contributed by atoms with E-state index in [0.29, 0.717) is 0 Å². The van der Waals surface area contributed by atoms with Crippen molar-refractivity contribution in [3.8, 4) is 22.3 Å². The predicted molar refractivity (Wildman–Crippen MR) is 241 cm³/mol. The fourth-order valence-electron chi connectivity index (χ4n) is 8.44. The summed E-state index contributed by atoms with van der Waals surface area (Å²) in [7, 11) is 0. The van der Waals surface area contributed by atoms with Gasteiger partial charge in [-0.1, -0.05) is 115 Å². The molecular weight excluding hydrogens is 709 g/mol. The minimum Gasteiger partial charge on any atom is -0.460 e. The van der Waals surface area contributed by atoms with E-state index in [1.807, 2.05) is 12.1 Å². The summed E-state index contributed by atoms with van der Waals surface area (Å²) >= 11 is 0. The van der Waals surface area contributed by atoms with Crippen molar-refractivity contribution in [1.29, 1.82) is 0 Å². The van der Waals surface area contributed by atoms with Gasteiger partial charge in [0.15, 0.2) is 0 Å². The van der Waals surface area contributed by atoms with Gasteiger partial charge in [-0.3, -0.25) is 0 Å². The number of fused-ring (bicyclic) bond motifs is 6. The van der Waals surface area contributed by atoms with Crippen molar-refractivity contribution in [2.24, 2.45) is 0 Å². The number of hydrogen-bond acceptors (Lipinski definition) is 4. The quantitative estimate of drug-likeness (QED) is 0.155. The number of para-hydroxylation sites is 1. The van der Waals surface area contributed by atoms with Crippen molar-refractivity contribution in [3.63, 3.8) is 0 Å². The molecule has 4 nitrogen and oxygen atoms in total. The van der Waals surface area contributed by atoms with Crippen molar-refractivity contribution in [2.75, 3.05) is 9.80 Å². The molecule has 276 valence electrons. The zero-order valence-corrected chi connectivity index (χ0v) is 31.8. The molecule has 0 bridgehead atoms. The number of allylic oxidation sites excluding steroid dienone is 1. The summed E-state index contributed by atoms with van der Waals surface area (Å²) in [6, 6.07) is 69.0. The second kappa shape index (κ2) is 14.2. The van der Waals surface area contributed by atoms with Gasteiger partial charge < -0.3 is 18.6 Å². The highest BCUT2D eigenvalue weighted by Crippen LogP contribution is 2.43. The Hall–Kier alpha value is -7.56. The van der Waals surface area contributed by atoms with Crippen molar-refractivity contribution < 1.29 is 8.83 Å². The molecule has 0 saturated carbocycles. The first-order valence-corrected chi connectivity index (χ1v) is 19.9. The molecule has 0 unspecified atom stereocenters. The van der Waals surface area contributed by atoms with Crippen LogP contribution in [-0.4, -0.2) is 0 Å². The molecule has 1 aliphatic carbocycles. The lowest BCUT2D eigenvalue weighted by molar-refractivity contribution is 0.546. The Balaban J connectivity index is 1.03. The largest absolute Gasteiger partial charge is 0.460 e. The Morgan fingerprint density at radius 3 is 1.34 bits per heavy atom. The summed E-state index contributed by atoms with van der Waals surface area (Å²) < 4.78 is 12.6. The number of furan rings is 2. The van der Waals surface area contributed by atoms with Crippen LogP contribution in [0.4, 0.5) is 34.1 Å². The van der Waals surface area contributed by atoms with Gasteiger partial charge in [0.2, 0.25) is 0 Å². The minimum absolute atomic E-state index is 0.875. The van der Waals surface area contributed by atoms with Crippen LogP contribution in [0.3, 0.4) is 0 Å². The van der Waals surface area contributed by atoms with Gasteiger partial charge in [-0.05, 0) is 120 Å². The molecule has 0 atom stereocenters. The minimum atomic E-state index is 0.875. The second-order valence-corrected chi connectivity index (χ2v) is 14.9. The molecule has 11 rings (SSSR count). The van der Waals surface area contributed by atoms with Crippen LogP contribution in [0.1, 0.15) is 17.7 Å². The molecule has 58 heavy (non-hydrogen) atoms. The maximum atomic E-state index is 6.32. The van der Waals surface area contributed by atoms with Gasteiger partial charge in [-0.25, -0.2) is 0 Å². The summed E-state index contributed by atoms with van der Waals surface area (Å²) in [6.45, 7) is 0. The first kappa shape index (κ1) is 33.8. The number of aryl methyl sites for hydroxylation is 1. The van der Waals surface area contributed by atoms with Crippen LogP contribution in [0, 0.1) is 0 Å². The van der Waals surface area contributed by atoms with Crippen molar-refractivity contribution in [3.05, 3.63) is 212 Å². The monoisotopic (exact) mass is 746 g/mol. The van der Waals surface area contributed by atoms with E-state index in [4.69, 9.17) is 8.83 Å². The Morgan fingerprint density at radius 1 is 0.345 bits per heavy atom. The zero-order chi connectivity index (χ0) is 38.4. The van der Waals surface area contributed by atoms with Crippen LogP contribution in [-0.2, 0) is 6.42 Å². The highest BCUT2D eigenvalue weighted by Gasteiger charge is 2.21. The van der Waals surface area contributed by atoms with Gasteiger partial charge in [0.1, 0.15) is 22.5 Å². The third-order valence-electron chi connectivity index (χ3n) is 11.3. The van der Waals surface area contributed by atoms with Crippen molar-refractivity contribution >= 4 is 73.1 Å². The van der Waals surface area contributed by atoms with Gasteiger partial charge in [-0.2, -0.15) is 0 Å². The molecule has 0 fully saturated rings. The van der Waals surface area contributed by atoms with Gasteiger partial charge in [0.25, 0.3) is 0 Å². The van der Waals surface area contributed by atoms with Gasteiger partial charge >= 0.3 is 0 Å². The average Bonchev–Trinajstić information content (AvgIpc) is 3.86. The first-order chi connectivity index (χ1) is 28.7. The van der Waals surface area contributed by atoms with E-state index in [0.717, 1.165) is 85.6 Å². The van der Waals surface area contributed by atoms with Gasteiger partial charge in [0, 0.05) is 62.3 Å². The number of hydrogen-bond donors (Lipinski definition) is 0.